The van der Waals surface area contributed by atoms with Crippen molar-refractivity contribution in [3.63, 3.8) is 0 Å². The van der Waals surface area contributed by atoms with E-state index in [0.29, 0.717) is 6.54 Å². The normalized spacial score (nSPS) is 19.4. The monoisotopic (exact) mass is 279 g/mol. The highest BCUT2D eigenvalue weighted by Crippen LogP contribution is 2.21. The molecule has 0 saturated carbocycles. The summed E-state index contributed by atoms with van der Waals surface area (Å²) in [7, 11) is 2.01. The van der Waals surface area contributed by atoms with Gasteiger partial charge in [0.05, 0.1) is 6.54 Å². The second-order valence-corrected chi connectivity index (χ2v) is 6.07. The lowest BCUT2D eigenvalue weighted by Crippen LogP contribution is -2.54. The van der Waals surface area contributed by atoms with E-state index in [1.165, 1.54) is 0 Å². The van der Waals surface area contributed by atoms with E-state index in [2.05, 4.69) is 28.4 Å². The standard InChI is InChI=1S/C16H29N3O/c1-6-16(7-2,8-3)18-14(20)13-19-11-9-15(4,17-5)10-12-19/h1,17H,7-13H2,2-5H3,(H,18,20). The van der Waals surface area contributed by atoms with Crippen LogP contribution in [0.15, 0.2) is 0 Å². The number of nitrogens with zero attached hydrogens (tertiary/aromatic N) is 1. The van der Waals surface area contributed by atoms with E-state index in [9.17, 15) is 4.79 Å². The maximum Gasteiger partial charge on any atom is 0.235 e. The number of hydrogen-bond acceptors (Lipinski definition) is 3. The van der Waals surface area contributed by atoms with Crippen LogP contribution < -0.4 is 10.6 Å². The fourth-order valence-electron chi connectivity index (χ4n) is 2.63. The van der Waals surface area contributed by atoms with Gasteiger partial charge in [0.2, 0.25) is 5.91 Å². The van der Waals surface area contributed by atoms with Crippen molar-refractivity contribution in [1.82, 2.24) is 15.5 Å². The van der Waals surface area contributed by atoms with E-state index in [-0.39, 0.29) is 11.4 Å². The topological polar surface area (TPSA) is 44.4 Å². The molecule has 0 unspecified atom stereocenters. The van der Waals surface area contributed by atoms with Gasteiger partial charge in [0.25, 0.3) is 0 Å². The summed E-state index contributed by atoms with van der Waals surface area (Å²) in [6.45, 7) is 8.62. The Bertz CT molecular complexity index is 360. The highest BCUT2D eigenvalue weighted by atomic mass is 16.2. The second kappa shape index (κ2) is 7.10. The summed E-state index contributed by atoms with van der Waals surface area (Å²) in [5.74, 6) is 2.79. The van der Waals surface area contributed by atoms with Crippen molar-refractivity contribution < 1.29 is 4.79 Å². The molecular weight excluding hydrogens is 250 g/mol. The first kappa shape index (κ1) is 17.0. The Morgan fingerprint density at radius 1 is 1.35 bits per heavy atom. The van der Waals surface area contributed by atoms with Gasteiger partial charge in [-0.1, -0.05) is 19.8 Å². The average molecular weight is 279 g/mol. The number of carbonyl (C=O) groups excluding carboxylic acids is 1. The maximum absolute atomic E-state index is 12.2. The van der Waals surface area contributed by atoms with E-state index in [0.717, 1.165) is 38.8 Å². The van der Waals surface area contributed by atoms with Crippen LogP contribution in [0.25, 0.3) is 0 Å². The van der Waals surface area contributed by atoms with Crippen LogP contribution in [-0.4, -0.2) is 48.6 Å². The van der Waals surface area contributed by atoms with Gasteiger partial charge in [-0.15, -0.1) is 6.42 Å². The van der Waals surface area contributed by atoms with Crippen LogP contribution in [0, 0.1) is 12.3 Å². The van der Waals surface area contributed by atoms with Gasteiger partial charge >= 0.3 is 0 Å². The molecule has 1 amide bonds. The van der Waals surface area contributed by atoms with Crippen LogP contribution >= 0.6 is 0 Å². The van der Waals surface area contributed by atoms with Crippen molar-refractivity contribution >= 4 is 5.91 Å². The first-order valence-corrected chi connectivity index (χ1v) is 7.62. The minimum atomic E-state index is -0.480. The quantitative estimate of drug-likeness (QED) is 0.722. The van der Waals surface area contributed by atoms with Crippen LogP contribution in [0.4, 0.5) is 0 Å². The number of rotatable bonds is 6. The average Bonchev–Trinajstić information content (AvgIpc) is 2.47. The number of amides is 1. The summed E-state index contributed by atoms with van der Waals surface area (Å²) in [6, 6.07) is 0. The van der Waals surface area contributed by atoms with Gasteiger partial charge in [-0.2, -0.15) is 0 Å². The molecule has 1 rings (SSSR count). The molecule has 114 valence electrons. The summed E-state index contributed by atoms with van der Waals surface area (Å²) >= 11 is 0. The van der Waals surface area contributed by atoms with Crippen molar-refractivity contribution in [2.75, 3.05) is 26.7 Å². The number of piperidine rings is 1. The lowest BCUT2D eigenvalue weighted by atomic mass is 9.90. The zero-order valence-corrected chi connectivity index (χ0v) is 13.4. The third-order valence-electron chi connectivity index (χ3n) is 4.79. The number of hydrogen-bond donors (Lipinski definition) is 2. The molecule has 0 aromatic rings. The Hall–Kier alpha value is -1.05. The van der Waals surface area contributed by atoms with E-state index >= 15 is 0 Å². The van der Waals surface area contributed by atoms with Crippen molar-refractivity contribution in [2.24, 2.45) is 0 Å². The van der Waals surface area contributed by atoms with Gasteiger partial charge in [0.15, 0.2) is 0 Å². The molecule has 0 aliphatic carbocycles. The Kier molecular flexibility index (Phi) is 6.04. The zero-order valence-electron chi connectivity index (χ0n) is 13.4. The molecule has 4 nitrogen and oxygen atoms in total. The molecule has 0 bridgehead atoms. The van der Waals surface area contributed by atoms with Gasteiger partial charge in [-0.05, 0) is 39.7 Å². The lowest BCUT2D eigenvalue weighted by Gasteiger charge is -2.39. The summed E-state index contributed by atoms with van der Waals surface area (Å²) in [6.07, 6.45) is 9.25. The van der Waals surface area contributed by atoms with Crippen LogP contribution in [-0.2, 0) is 4.79 Å². The minimum absolute atomic E-state index is 0.0414. The van der Waals surface area contributed by atoms with E-state index in [1.807, 2.05) is 20.9 Å². The summed E-state index contributed by atoms with van der Waals surface area (Å²) in [4.78, 5) is 14.4. The molecule has 20 heavy (non-hydrogen) atoms. The predicted octanol–water partition coefficient (Wildman–Crippen LogP) is 1.37. The first-order valence-electron chi connectivity index (χ1n) is 7.62. The van der Waals surface area contributed by atoms with Gasteiger partial charge in [0, 0.05) is 18.6 Å². The molecule has 0 spiro atoms. The van der Waals surface area contributed by atoms with Crippen LogP contribution in [0.3, 0.4) is 0 Å². The summed E-state index contributed by atoms with van der Waals surface area (Å²) < 4.78 is 0. The van der Waals surface area contributed by atoms with Crippen molar-refractivity contribution in [3.8, 4) is 12.3 Å². The van der Waals surface area contributed by atoms with Crippen LogP contribution in [0.1, 0.15) is 46.5 Å². The minimum Gasteiger partial charge on any atom is -0.339 e. The zero-order chi connectivity index (χ0) is 15.2. The van der Waals surface area contributed by atoms with E-state index in [4.69, 9.17) is 6.42 Å². The fraction of sp³-hybridized carbons (Fsp3) is 0.812. The summed E-state index contributed by atoms with van der Waals surface area (Å²) in [5.41, 5.74) is -0.269. The smallest absolute Gasteiger partial charge is 0.235 e. The van der Waals surface area contributed by atoms with Crippen molar-refractivity contribution in [1.29, 1.82) is 0 Å². The largest absolute Gasteiger partial charge is 0.339 e. The molecule has 0 aromatic heterocycles. The van der Waals surface area contributed by atoms with Gasteiger partial charge in [0.1, 0.15) is 5.54 Å². The maximum atomic E-state index is 12.2. The van der Waals surface area contributed by atoms with Gasteiger partial charge in [-0.25, -0.2) is 0 Å². The fourth-order valence-corrected chi connectivity index (χ4v) is 2.63. The third-order valence-corrected chi connectivity index (χ3v) is 4.79. The van der Waals surface area contributed by atoms with Gasteiger partial charge in [-0.3, -0.25) is 9.69 Å². The predicted molar refractivity (Wildman–Crippen MR) is 83.4 cm³/mol. The van der Waals surface area contributed by atoms with Crippen LogP contribution in [0.2, 0.25) is 0 Å². The van der Waals surface area contributed by atoms with E-state index < -0.39 is 5.54 Å². The molecule has 0 radical (unpaired) electrons. The third kappa shape index (κ3) is 4.22. The lowest BCUT2D eigenvalue weighted by molar-refractivity contribution is -0.124. The van der Waals surface area contributed by atoms with Crippen LogP contribution in [0.5, 0.6) is 0 Å². The summed E-state index contributed by atoms with van der Waals surface area (Å²) in [5, 5.41) is 6.40. The molecule has 1 fully saturated rings. The Morgan fingerprint density at radius 2 is 1.90 bits per heavy atom. The molecule has 1 saturated heterocycles. The SMILES string of the molecule is C#CC(CC)(CC)NC(=O)CN1CCC(C)(NC)CC1. The highest BCUT2D eigenvalue weighted by Gasteiger charge is 2.30. The molecule has 0 atom stereocenters. The Morgan fingerprint density at radius 3 is 2.30 bits per heavy atom. The highest BCUT2D eigenvalue weighted by molar-refractivity contribution is 5.79. The van der Waals surface area contributed by atoms with Crippen molar-refractivity contribution in [3.05, 3.63) is 0 Å². The second-order valence-electron chi connectivity index (χ2n) is 6.07. The molecule has 1 aliphatic heterocycles. The molecular formula is C16H29N3O. The number of nitrogens with one attached hydrogen (secondary N) is 2. The number of likely N-dealkylation sites (tertiary alicyclic amines) is 1. The Labute approximate surface area is 123 Å². The molecule has 1 heterocycles. The molecule has 0 aromatic carbocycles. The number of carbonyl (C=O) groups is 1. The van der Waals surface area contributed by atoms with Crippen molar-refractivity contribution in [2.45, 2.75) is 57.5 Å². The molecule has 2 N–H and O–H groups in total. The molecule has 1 aliphatic rings. The Balaban J connectivity index is 2.47. The van der Waals surface area contributed by atoms with Gasteiger partial charge < -0.3 is 10.6 Å². The molecule has 4 heteroatoms. The number of terminal acetylenes is 1. The van der Waals surface area contributed by atoms with E-state index in [1.54, 1.807) is 0 Å². The first-order chi connectivity index (χ1) is 9.42.